The van der Waals surface area contributed by atoms with E-state index in [0.29, 0.717) is 32.4 Å². The van der Waals surface area contributed by atoms with Gasteiger partial charge in [-0.15, -0.1) is 0 Å². The highest BCUT2D eigenvalue weighted by Crippen LogP contribution is 2.26. The highest BCUT2D eigenvalue weighted by atomic mass is 16.2. The van der Waals surface area contributed by atoms with Crippen molar-refractivity contribution in [3.8, 4) is 11.1 Å². The molecule has 1 aliphatic rings. The van der Waals surface area contributed by atoms with E-state index in [2.05, 4.69) is 22.4 Å². The lowest BCUT2D eigenvalue weighted by Gasteiger charge is -2.35. The molecule has 1 fully saturated rings. The Kier molecular flexibility index (Phi) is 7.39. The average molecular weight is 526 g/mol. The van der Waals surface area contributed by atoms with Gasteiger partial charge in [0.05, 0.1) is 16.6 Å². The summed E-state index contributed by atoms with van der Waals surface area (Å²) in [4.78, 5) is 43.9. The molecule has 8 nitrogen and oxygen atoms in total. The lowest BCUT2D eigenvalue weighted by Crippen LogP contribution is -2.57. The summed E-state index contributed by atoms with van der Waals surface area (Å²) in [6.45, 7) is 4.26. The van der Waals surface area contributed by atoms with Crippen molar-refractivity contribution < 1.29 is 9.59 Å². The maximum atomic E-state index is 13.7. The SMILES string of the molecule is CC(C)(N)C(=O)N[C@H](Cc1ccc(-c2ccccc2)cc1)C(=O)N1CCC(n2c(=O)[nH]c3ccccc32)CC1. The summed E-state index contributed by atoms with van der Waals surface area (Å²) < 4.78 is 1.81. The van der Waals surface area contributed by atoms with Crippen LogP contribution in [-0.2, 0) is 16.0 Å². The first-order valence-electron chi connectivity index (χ1n) is 13.4. The summed E-state index contributed by atoms with van der Waals surface area (Å²) in [7, 11) is 0. The standard InChI is InChI=1S/C31H35N5O3/c1-31(2,32)29(38)33-26(20-21-12-14-23(15-13-21)22-8-4-3-5-9-22)28(37)35-18-16-24(17-19-35)36-27-11-7-6-10-25(27)34-30(36)39/h3-15,24,26H,16-20,32H2,1-2H3,(H,33,38)(H,34,39)/t26-/m1/s1. The fraction of sp³-hybridized carbons (Fsp3) is 0.323. The number of benzene rings is 3. The summed E-state index contributed by atoms with van der Waals surface area (Å²) in [6.07, 6.45) is 1.67. The van der Waals surface area contributed by atoms with E-state index >= 15 is 0 Å². The summed E-state index contributed by atoms with van der Waals surface area (Å²) in [6, 6.07) is 25.1. The topological polar surface area (TPSA) is 113 Å². The van der Waals surface area contributed by atoms with E-state index in [1.807, 2.05) is 71.3 Å². The second kappa shape index (κ2) is 10.9. The molecule has 0 bridgehead atoms. The number of amides is 2. The highest BCUT2D eigenvalue weighted by molar-refractivity contribution is 5.91. The van der Waals surface area contributed by atoms with Crippen LogP contribution >= 0.6 is 0 Å². The van der Waals surface area contributed by atoms with Gasteiger partial charge in [0, 0.05) is 25.6 Å². The molecule has 2 amide bonds. The number of hydrogen-bond acceptors (Lipinski definition) is 4. The lowest BCUT2D eigenvalue weighted by molar-refractivity contribution is -0.138. The summed E-state index contributed by atoms with van der Waals surface area (Å²) >= 11 is 0. The number of piperidine rings is 1. The zero-order valence-corrected chi connectivity index (χ0v) is 22.4. The molecule has 1 atom stereocenters. The maximum absolute atomic E-state index is 13.7. The van der Waals surface area contributed by atoms with Crippen LogP contribution in [0.15, 0.2) is 83.7 Å². The van der Waals surface area contributed by atoms with Gasteiger partial charge in [-0.2, -0.15) is 0 Å². The van der Waals surface area contributed by atoms with Crippen LogP contribution in [0, 0.1) is 0 Å². The molecule has 2 heterocycles. The number of carbonyl (C=O) groups excluding carboxylic acids is 2. The van der Waals surface area contributed by atoms with Gasteiger partial charge in [0.25, 0.3) is 0 Å². The molecular weight excluding hydrogens is 490 g/mol. The Morgan fingerprint density at radius 3 is 2.23 bits per heavy atom. The van der Waals surface area contributed by atoms with Crippen LogP contribution < -0.4 is 16.7 Å². The molecular formula is C31H35N5O3. The number of nitrogens with two attached hydrogens (primary N) is 1. The third-order valence-electron chi connectivity index (χ3n) is 7.45. The minimum atomic E-state index is -1.11. The molecule has 3 aromatic carbocycles. The van der Waals surface area contributed by atoms with Gasteiger partial charge in [-0.25, -0.2) is 4.79 Å². The molecule has 4 N–H and O–H groups in total. The van der Waals surface area contributed by atoms with Crippen LogP contribution in [0.25, 0.3) is 22.2 Å². The van der Waals surface area contributed by atoms with E-state index in [1.165, 1.54) is 0 Å². The van der Waals surface area contributed by atoms with Crippen LogP contribution in [0.5, 0.6) is 0 Å². The van der Waals surface area contributed by atoms with Gasteiger partial charge in [0.2, 0.25) is 11.8 Å². The zero-order chi connectivity index (χ0) is 27.6. The van der Waals surface area contributed by atoms with Crippen LogP contribution in [0.3, 0.4) is 0 Å². The van der Waals surface area contributed by atoms with Crippen LogP contribution in [0.2, 0.25) is 0 Å². The Morgan fingerprint density at radius 1 is 0.949 bits per heavy atom. The Labute approximate surface area is 227 Å². The number of likely N-dealkylation sites (tertiary alicyclic amines) is 1. The van der Waals surface area contributed by atoms with E-state index in [1.54, 1.807) is 18.7 Å². The summed E-state index contributed by atoms with van der Waals surface area (Å²) in [5, 5.41) is 2.91. The first-order chi connectivity index (χ1) is 18.7. The predicted octanol–water partition coefficient (Wildman–Crippen LogP) is 3.62. The van der Waals surface area contributed by atoms with Crippen LogP contribution in [0.4, 0.5) is 0 Å². The van der Waals surface area contributed by atoms with E-state index in [-0.39, 0.29) is 23.5 Å². The van der Waals surface area contributed by atoms with Gasteiger partial charge in [-0.3, -0.25) is 14.2 Å². The maximum Gasteiger partial charge on any atom is 0.326 e. The fourth-order valence-electron chi connectivity index (χ4n) is 5.25. The number of rotatable bonds is 7. The molecule has 0 spiro atoms. The summed E-state index contributed by atoms with van der Waals surface area (Å²) in [5.74, 6) is -0.508. The molecule has 8 heteroatoms. The largest absolute Gasteiger partial charge is 0.342 e. The molecule has 4 aromatic rings. The van der Waals surface area contributed by atoms with Gasteiger partial charge in [0.1, 0.15) is 6.04 Å². The number of fused-ring (bicyclic) bond motifs is 1. The second-order valence-electron chi connectivity index (χ2n) is 10.9. The molecule has 0 unspecified atom stereocenters. The number of nitrogens with one attached hydrogen (secondary N) is 2. The molecule has 1 saturated heterocycles. The lowest BCUT2D eigenvalue weighted by atomic mass is 9.97. The number of imidazole rings is 1. The van der Waals surface area contributed by atoms with Crippen molar-refractivity contribution in [2.75, 3.05) is 13.1 Å². The van der Waals surface area contributed by atoms with Crippen molar-refractivity contribution in [3.63, 3.8) is 0 Å². The molecule has 39 heavy (non-hydrogen) atoms. The van der Waals surface area contributed by atoms with Crippen molar-refractivity contribution in [1.29, 1.82) is 0 Å². The molecule has 0 saturated carbocycles. The molecule has 1 aliphatic heterocycles. The van der Waals surface area contributed by atoms with Crippen molar-refractivity contribution in [1.82, 2.24) is 19.8 Å². The van der Waals surface area contributed by atoms with E-state index in [0.717, 1.165) is 27.7 Å². The van der Waals surface area contributed by atoms with Crippen molar-refractivity contribution in [3.05, 3.63) is 94.9 Å². The van der Waals surface area contributed by atoms with Crippen molar-refractivity contribution >= 4 is 22.8 Å². The Morgan fingerprint density at radius 2 is 1.56 bits per heavy atom. The quantitative estimate of drug-likeness (QED) is 0.342. The van der Waals surface area contributed by atoms with Gasteiger partial charge >= 0.3 is 5.69 Å². The second-order valence-corrected chi connectivity index (χ2v) is 10.9. The van der Waals surface area contributed by atoms with E-state index in [9.17, 15) is 14.4 Å². The molecule has 202 valence electrons. The number of nitrogens with zero attached hydrogens (tertiary/aromatic N) is 2. The Bertz CT molecular complexity index is 1510. The summed E-state index contributed by atoms with van der Waals surface area (Å²) in [5.41, 5.74) is 9.64. The first-order valence-corrected chi connectivity index (χ1v) is 13.4. The number of para-hydroxylation sites is 2. The predicted molar refractivity (Wildman–Crippen MR) is 153 cm³/mol. The third kappa shape index (κ3) is 5.81. The number of aromatic nitrogens is 2. The van der Waals surface area contributed by atoms with E-state index in [4.69, 9.17) is 5.73 Å². The molecule has 0 aliphatic carbocycles. The van der Waals surface area contributed by atoms with Crippen LogP contribution in [0.1, 0.15) is 38.3 Å². The molecule has 0 radical (unpaired) electrons. The molecule has 5 rings (SSSR count). The monoisotopic (exact) mass is 525 g/mol. The van der Waals surface area contributed by atoms with Crippen molar-refractivity contribution in [2.24, 2.45) is 5.73 Å². The zero-order valence-electron chi connectivity index (χ0n) is 22.4. The average Bonchev–Trinajstić information content (AvgIpc) is 3.28. The molecule has 1 aromatic heterocycles. The van der Waals surface area contributed by atoms with Crippen molar-refractivity contribution in [2.45, 2.75) is 50.7 Å². The number of aromatic amines is 1. The normalized spacial score (nSPS) is 15.3. The number of hydrogen-bond donors (Lipinski definition) is 3. The smallest absolute Gasteiger partial charge is 0.326 e. The van der Waals surface area contributed by atoms with E-state index < -0.39 is 11.6 Å². The van der Waals surface area contributed by atoms with Gasteiger partial charge in [0.15, 0.2) is 0 Å². The Balaban J connectivity index is 1.31. The highest BCUT2D eigenvalue weighted by Gasteiger charge is 2.33. The van der Waals surface area contributed by atoms with Gasteiger partial charge < -0.3 is 20.9 Å². The van der Waals surface area contributed by atoms with Crippen LogP contribution in [-0.4, -0.2) is 50.9 Å². The van der Waals surface area contributed by atoms with Gasteiger partial charge in [-0.05, 0) is 55.5 Å². The number of H-pyrrole nitrogens is 1. The first kappa shape index (κ1) is 26.4. The minimum Gasteiger partial charge on any atom is -0.342 e. The minimum absolute atomic E-state index is 0.000697. The number of carbonyl (C=O) groups is 2. The Hall–Kier alpha value is -4.17. The third-order valence-corrected chi connectivity index (χ3v) is 7.45. The fourth-order valence-corrected chi connectivity index (χ4v) is 5.25. The van der Waals surface area contributed by atoms with Gasteiger partial charge in [-0.1, -0.05) is 66.7 Å².